The average Bonchev–Trinajstić information content (AvgIpc) is 2.77. The van der Waals surface area contributed by atoms with Gasteiger partial charge in [0, 0.05) is 30.2 Å². The molecule has 98 valence electrons. The normalized spacial score (nSPS) is 21.2. The molecule has 1 aliphatic heterocycles. The van der Waals surface area contributed by atoms with Crippen LogP contribution in [0, 0.1) is 0 Å². The third-order valence-electron chi connectivity index (χ3n) is 3.20. The lowest BCUT2D eigenvalue weighted by atomic mass is 10.1. The highest BCUT2D eigenvalue weighted by Gasteiger charge is 2.18. The van der Waals surface area contributed by atoms with Crippen LogP contribution in [0.1, 0.15) is 29.7 Å². The Morgan fingerprint density at radius 3 is 3.06 bits per heavy atom. The first kappa shape index (κ1) is 14.9. The number of thiazole rings is 1. The van der Waals surface area contributed by atoms with Gasteiger partial charge < -0.3 is 5.32 Å². The molecule has 0 amide bonds. The number of hydrogen-bond donors (Lipinski definition) is 1. The highest BCUT2D eigenvalue weighted by Crippen LogP contribution is 2.18. The SMILES string of the molecule is CCc1ncc(CN2CCCC(NC)C2)s1.Cl. The van der Waals surface area contributed by atoms with Gasteiger partial charge in [-0.2, -0.15) is 0 Å². The molecule has 1 N–H and O–H groups in total. The van der Waals surface area contributed by atoms with Crippen molar-refractivity contribution in [2.75, 3.05) is 20.1 Å². The molecule has 0 saturated carbocycles. The van der Waals surface area contributed by atoms with Crippen LogP contribution in [0.4, 0.5) is 0 Å². The summed E-state index contributed by atoms with van der Waals surface area (Å²) in [5.41, 5.74) is 0. The second-order valence-corrected chi connectivity index (χ2v) is 5.64. The van der Waals surface area contributed by atoms with Gasteiger partial charge in [0.25, 0.3) is 0 Å². The van der Waals surface area contributed by atoms with Crippen LogP contribution in [-0.2, 0) is 13.0 Å². The van der Waals surface area contributed by atoms with Gasteiger partial charge in [0.1, 0.15) is 0 Å². The number of aromatic nitrogens is 1. The quantitative estimate of drug-likeness (QED) is 0.914. The van der Waals surface area contributed by atoms with Gasteiger partial charge in [-0.1, -0.05) is 6.92 Å². The minimum atomic E-state index is 0. The number of hydrogen-bond acceptors (Lipinski definition) is 4. The molecule has 1 atom stereocenters. The molecule has 0 aliphatic carbocycles. The smallest absolute Gasteiger partial charge is 0.0925 e. The molecule has 1 fully saturated rings. The first-order valence-electron chi connectivity index (χ1n) is 6.15. The summed E-state index contributed by atoms with van der Waals surface area (Å²) in [4.78, 5) is 8.37. The summed E-state index contributed by atoms with van der Waals surface area (Å²) in [7, 11) is 2.07. The minimum Gasteiger partial charge on any atom is -0.316 e. The number of piperidine rings is 1. The monoisotopic (exact) mass is 275 g/mol. The minimum absolute atomic E-state index is 0. The van der Waals surface area contributed by atoms with Gasteiger partial charge in [-0.15, -0.1) is 23.7 Å². The molecular weight excluding hydrogens is 254 g/mol. The van der Waals surface area contributed by atoms with Crippen molar-refractivity contribution in [3.05, 3.63) is 16.1 Å². The van der Waals surface area contributed by atoms with Crippen molar-refractivity contribution in [3.63, 3.8) is 0 Å². The van der Waals surface area contributed by atoms with Gasteiger partial charge in [0.2, 0.25) is 0 Å². The van der Waals surface area contributed by atoms with E-state index in [1.54, 1.807) is 0 Å². The second-order valence-electron chi connectivity index (χ2n) is 4.44. The molecule has 0 spiro atoms. The van der Waals surface area contributed by atoms with Crippen LogP contribution < -0.4 is 5.32 Å². The van der Waals surface area contributed by atoms with Gasteiger partial charge in [0.15, 0.2) is 0 Å². The largest absolute Gasteiger partial charge is 0.316 e. The zero-order chi connectivity index (χ0) is 11.4. The van der Waals surface area contributed by atoms with E-state index in [0.29, 0.717) is 6.04 Å². The maximum Gasteiger partial charge on any atom is 0.0925 e. The van der Waals surface area contributed by atoms with Crippen molar-refractivity contribution in [3.8, 4) is 0 Å². The number of nitrogens with zero attached hydrogens (tertiary/aromatic N) is 2. The topological polar surface area (TPSA) is 28.2 Å². The standard InChI is InChI=1S/C12H21N3S.ClH/c1-3-12-14-7-11(16-12)9-15-6-4-5-10(8-15)13-2;/h7,10,13H,3-6,8-9H2,1-2H3;1H. The molecule has 3 nitrogen and oxygen atoms in total. The average molecular weight is 276 g/mol. The molecular formula is C12H22ClN3S. The zero-order valence-electron chi connectivity index (χ0n) is 10.6. The van der Waals surface area contributed by atoms with Crippen molar-refractivity contribution in [2.24, 2.45) is 0 Å². The fourth-order valence-electron chi connectivity index (χ4n) is 2.24. The molecule has 0 radical (unpaired) electrons. The lowest BCUT2D eigenvalue weighted by molar-refractivity contribution is 0.189. The molecule has 1 aromatic heterocycles. The number of aryl methyl sites for hydroxylation is 1. The van der Waals surface area contributed by atoms with Crippen molar-refractivity contribution in [1.82, 2.24) is 15.2 Å². The van der Waals surface area contributed by atoms with Crippen LogP contribution in [-0.4, -0.2) is 36.1 Å². The Morgan fingerprint density at radius 1 is 1.59 bits per heavy atom. The van der Waals surface area contributed by atoms with E-state index in [0.717, 1.165) is 13.0 Å². The second kappa shape index (κ2) is 7.31. The van der Waals surface area contributed by atoms with E-state index in [1.807, 2.05) is 17.5 Å². The first-order valence-corrected chi connectivity index (χ1v) is 6.96. The Balaban J connectivity index is 0.00000144. The van der Waals surface area contributed by atoms with E-state index >= 15 is 0 Å². The number of halogens is 1. The van der Waals surface area contributed by atoms with Crippen LogP contribution in [0.15, 0.2) is 6.20 Å². The fraction of sp³-hybridized carbons (Fsp3) is 0.750. The first-order chi connectivity index (χ1) is 7.81. The van der Waals surface area contributed by atoms with Crippen molar-refractivity contribution in [2.45, 2.75) is 38.8 Å². The Labute approximate surface area is 114 Å². The molecule has 1 aromatic rings. The lowest BCUT2D eigenvalue weighted by Crippen LogP contribution is -2.43. The van der Waals surface area contributed by atoms with Crippen molar-refractivity contribution in [1.29, 1.82) is 0 Å². The zero-order valence-corrected chi connectivity index (χ0v) is 12.2. The maximum absolute atomic E-state index is 4.42. The van der Waals surface area contributed by atoms with Crippen molar-refractivity contribution < 1.29 is 0 Å². The molecule has 1 saturated heterocycles. The van der Waals surface area contributed by atoms with Gasteiger partial charge in [-0.3, -0.25) is 4.90 Å². The van der Waals surface area contributed by atoms with E-state index in [1.165, 1.54) is 35.8 Å². The highest BCUT2D eigenvalue weighted by atomic mass is 35.5. The Bertz CT molecular complexity index is 329. The summed E-state index contributed by atoms with van der Waals surface area (Å²) in [5.74, 6) is 0. The molecule has 2 heterocycles. The summed E-state index contributed by atoms with van der Waals surface area (Å²) >= 11 is 1.86. The van der Waals surface area contributed by atoms with Gasteiger partial charge in [-0.05, 0) is 32.9 Å². The van der Waals surface area contributed by atoms with E-state index < -0.39 is 0 Å². The summed E-state index contributed by atoms with van der Waals surface area (Å²) < 4.78 is 0. The summed E-state index contributed by atoms with van der Waals surface area (Å²) in [5, 5.41) is 4.64. The number of likely N-dealkylation sites (N-methyl/N-ethyl adjacent to an activating group) is 1. The third kappa shape index (κ3) is 4.21. The predicted molar refractivity (Wildman–Crippen MR) is 76.1 cm³/mol. The van der Waals surface area contributed by atoms with Crippen LogP contribution in [0.3, 0.4) is 0 Å². The highest BCUT2D eigenvalue weighted by molar-refractivity contribution is 7.11. The van der Waals surface area contributed by atoms with Crippen LogP contribution in [0.2, 0.25) is 0 Å². The Kier molecular flexibility index (Phi) is 6.41. The van der Waals surface area contributed by atoms with Crippen molar-refractivity contribution >= 4 is 23.7 Å². The molecule has 0 aromatic carbocycles. The lowest BCUT2D eigenvalue weighted by Gasteiger charge is -2.32. The molecule has 2 rings (SSSR count). The third-order valence-corrected chi connectivity index (χ3v) is 4.32. The van der Waals surface area contributed by atoms with E-state index in [9.17, 15) is 0 Å². The van der Waals surface area contributed by atoms with Crippen LogP contribution >= 0.6 is 23.7 Å². The molecule has 1 unspecified atom stereocenters. The van der Waals surface area contributed by atoms with E-state index in [-0.39, 0.29) is 12.4 Å². The van der Waals surface area contributed by atoms with Gasteiger partial charge in [0.05, 0.1) is 5.01 Å². The molecule has 17 heavy (non-hydrogen) atoms. The van der Waals surface area contributed by atoms with Crippen LogP contribution in [0.5, 0.6) is 0 Å². The molecule has 1 aliphatic rings. The fourth-order valence-corrected chi connectivity index (χ4v) is 3.14. The summed E-state index contributed by atoms with van der Waals surface area (Å²) in [6, 6.07) is 0.673. The van der Waals surface area contributed by atoms with Crippen LogP contribution in [0.25, 0.3) is 0 Å². The number of likely N-dealkylation sites (tertiary alicyclic amines) is 1. The maximum atomic E-state index is 4.42. The summed E-state index contributed by atoms with van der Waals surface area (Å²) in [6.45, 7) is 5.66. The number of nitrogens with one attached hydrogen (secondary N) is 1. The van der Waals surface area contributed by atoms with E-state index in [4.69, 9.17) is 0 Å². The number of rotatable bonds is 4. The Morgan fingerprint density at radius 2 is 2.41 bits per heavy atom. The van der Waals surface area contributed by atoms with Gasteiger partial charge in [-0.25, -0.2) is 4.98 Å². The Hall–Kier alpha value is -0.160. The van der Waals surface area contributed by atoms with Gasteiger partial charge >= 0.3 is 0 Å². The predicted octanol–water partition coefficient (Wildman–Crippen LogP) is 2.31. The molecule has 0 bridgehead atoms. The summed E-state index contributed by atoms with van der Waals surface area (Å²) in [6.07, 6.45) is 5.73. The van der Waals surface area contributed by atoms with E-state index in [2.05, 4.69) is 29.2 Å². The molecule has 5 heteroatoms.